The van der Waals surface area contributed by atoms with Crippen molar-refractivity contribution in [2.45, 2.75) is 18.9 Å². The number of nitrogens with zero attached hydrogens (tertiary/aromatic N) is 3. The predicted octanol–water partition coefficient (Wildman–Crippen LogP) is 1.55. The van der Waals surface area contributed by atoms with E-state index in [2.05, 4.69) is 16.8 Å². The predicted molar refractivity (Wildman–Crippen MR) is 91.0 cm³/mol. The van der Waals surface area contributed by atoms with Crippen molar-refractivity contribution in [3.63, 3.8) is 0 Å². The topological polar surface area (TPSA) is 36.0 Å². The van der Waals surface area contributed by atoms with Crippen molar-refractivity contribution in [1.82, 2.24) is 14.7 Å². The summed E-state index contributed by atoms with van der Waals surface area (Å²) < 4.78 is 5.22. The Bertz CT molecular complexity index is 533. The van der Waals surface area contributed by atoms with E-state index in [0.717, 1.165) is 63.4 Å². The Morgan fingerprint density at radius 1 is 1.09 bits per heavy atom. The molecule has 0 aliphatic carbocycles. The fourth-order valence-corrected chi connectivity index (χ4v) is 3.56. The molecule has 0 saturated carbocycles. The number of benzene rings is 1. The van der Waals surface area contributed by atoms with Gasteiger partial charge in [-0.25, -0.2) is 0 Å². The first-order valence-corrected chi connectivity index (χ1v) is 8.53. The molecule has 126 valence electrons. The van der Waals surface area contributed by atoms with E-state index in [4.69, 9.17) is 4.74 Å². The molecular weight excluding hydrogens is 290 g/mol. The zero-order chi connectivity index (χ0) is 16.2. The van der Waals surface area contributed by atoms with Gasteiger partial charge in [0.2, 0.25) is 0 Å². The van der Waals surface area contributed by atoms with Crippen molar-refractivity contribution in [1.29, 1.82) is 0 Å². The summed E-state index contributed by atoms with van der Waals surface area (Å²) in [5, 5.41) is 0. The Labute approximate surface area is 138 Å². The number of rotatable bonds is 3. The molecule has 5 heteroatoms. The highest BCUT2D eigenvalue weighted by Crippen LogP contribution is 2.21. The van der Waals surface area contributed by atoms with Gasteiger partial charge in [0, 0.05) is 50.9 Å². The SMILES string of the molecule is COc1cccc(C(=O)N2CCC(N3CCN(C)CC3)CC2)c1. The van der Waals surface area contributed by atoms with E-state index in [0.29, 0.717) is 6.04 Å². The van der Waals surface area contributed by atoms with Gasteiger partial charge in [-0.3, -0.25) is 9.69 Å². The van der Waals surface area contributed by atoms with E-state index in [-0.39, 0.29) is 5.91 Å². The van der Waals surface area contributed by atoms with Crippen molar-refractivity contribution >= 4 is 5.91 Å². The lowest BCUT2D eigenvalue weighted by Gasteiger charge is -2.42. The molecule has 2 heterocycles. The van der Waals surface area contributed by atoms with Crippen LogP contribution in [0, 0.1) is 0 Å². The summed E-state index contributed by atoms with van der Waals surface area (Å²) >= 11 is 0. The normalized spacial score (nSPS) is 21.4. The van der Waals surface area contributed by atoms with Crippen molar-refractivity contribution in [3.05, 3.63) is 29.8 Å². The van der Waals surface area contributed by atoms with Crippen LogP contribution < -0.4 is 4.74 Å². The van der Waals surface area contributed by atoms with Crippen LogP contribution in [0.4, 0.5) is 0 Å². The molecule has 0 unspecified atom stereocenters. The van der Waals surface area contributed by atoms with Gasteiger partial charge < -0.3 is 14.5 Å². The van der Waals surface area contributed by atoms with Crippen LogP contribution in [-0.4, -0.2) is 80.1 Å². The van der Waals surface area contributed by atoms with Crippen LogP contribution in [0.25, 0.3) is 0 Å². The third-order valence-corrected chi connectivity index (χ3v) is 5.12. The number of hydrogen-bond acceptors (Lipinski definition) is 4. The quantitative estimate of drug-likeness (QED) is 0.847. The molecular formula is C18H27N3O2. The van der Waals surface area contributed by atoms with Crippen LogP contribution in [-0.2, 0) is 0 Å². The number of carbonyl (C=O) groups excluding carboxylic acids is 1. The van der Waals surface area contributed by atoms with Gasteiger partial charge in [-0.05, 0) is 38.1 Å². The van der Waals surface area contributed by atoms with Gasteiger partial charge >= 0.3 is 0 Å². The molecule has 0 N–H and O–H groups in total. The molecule has 2 saturated heterocycles. The molecule has 0 bridgehead atoms. The molecule has 0 spiro atoms. The van der Waals surface area contributed by atoms with E-state index >= 15 is 0 Å². The van der Waals surface area contributed by atoms with Gasteiger partial charge in [-0.1, -0.05) is 6.07 Å². The summed E-state index contributed by atoms with van der Waals surface area (Å²) in [5.74, 6) is 0.865. The van der Waals surface area contributed by atoms with E-state index in [9.17, 15) is 4.79 Å². The molecule has 1 aromatic rings. The van der Waals surface area contributed by atoms with Crippen LogP contribution in [0.3, 0.4) is 0 Å². The summed E-state index contributed by atoms with van der Waals surface area (Å²) in [6, 6.07) is 8.09. The minimum absolute atomic E-state index is 0.126. The van der Waals surface area contributed by atoms with Crippen molar-refractivity contribution in [2.24, 2.45) is 0 Å². The van der Waals surface area contributed by atoms with Crippen LogP contribution in [0.5, 0.6) is 5.75 Å². The van der Waals surface area contributed by atoms with E-state index in [1.807, 2.05) is 29.2 Å². The molecule has 5 nitrogen and oxygen atoms in total. The molecule has 23 heavy (non-hydrogen) atoms. The summed E-state index contributed by atoms with van der Waals surface area (Å²) in [5.41, 5.74) is 0.724. The minimum atomic E-state index is 0.126. The van der Waals surface area contributed by atoms with Crippen molar-refractivity contribution in [3.8, 4) is 5.75 Å². The molecule has 2 aliphatic heterocycles. The zero-order valence-corrected chi connectivity index (χ0v) is 14.2. The maximum atomic E-state index is 12.6. The number of likely N-dealkylation sites (N-methyl/N-ethyl adjacent to an activating group) is 1. The summed E-state index contributed by atoms with van der Waals surface area (Å²) in [7, 11) is 3.82. The third-order valence-electron chi connectivity index (χ3n) is 5.12. The van der Waals surface area contributed by atoms with E-state index in [1.165, 1.54) is 0 Å². The molecule has 0 radical (unpaired) electrons. The standard InChI is InChI=1S/C18H27N3O2/c1-19-10-12-20(13-11-19)16-6-8-21(9-7-16)18(22)15-4-3-5-17(14-15)23-2/h3-5,14,16H,6-13H2,1-2H3. The largest absolute Gasteiger partial charge is 0.497 e. The van der Waals surface area contributed by atoms with Gasteiger partial charge in [-0.15, -0.1) is 0 Å². The Kier molecular flexibility index (Phi) is 5.18. The first-order valence-electron chi connectivity index (χ1n) is 8.53. The van der Waals surface area contributed by atoms with Gasteiger partial charge in [0.05, 0.1) is 7.11 Å². The van der Waals surface area contributed by atoms with Crippen LogP contribution in [0.15, 0.2) is 24.3 Å². The fourth-order valence-electron chi connectivity index (χ4n) is 3.56. The number of carbonyl (C=O) groups is 1. The summed E-state index contributed by atoms with van der Waals surface area (Å²) in [6.45, 7) is 6.34. The number of piperazine rings is 1. The lowest BCUT2D eigenvalue weighted by molar-refractivity contribution is 0.0518. The van der Waals surface area contributed by atoms with Crippen LogP contribution >= 0.6 is 0 Å². The number of piperidine rings is 1. The molecule has 0 aromatic heterocycles. The second kappa shape index (κ2) is 7.32. The maximum absolute atomic E-state index is 12.6. The highest BCUT2D eigenvalue weighted by atomic mass is 16.5. The fraction of sp³-hybridized carbons (Fsp3) is 0.611. The second-order valence-corrected chi connectivity index (χ2v) is 6.59. The summed E-state index contributed by atoms with van der Waals surface area (Å²) in [4.78, 5) is 19.6. The number of hydrogen-bond donors (Lipinski definition) is 0. The van der Waals surface area contributed by atoms with E-state index in [1.54, 1.807) is 7.11 Å². The number of likely N-dealkylation sites (tertiary alicyclic amines) is 1. The molecule has 2 aliphatic rings. The molecule has 0 atom stereocenters. The molecule has 2 fully saturated rings. The van der Waals surface area contributed by atoms with Crippen molar-refractivity contribution < 1.29 is 9.53 Å². The monoisotopic (exact) mass is 317 g/mol. The second-order valence-electron chi connectivity index (χ2n) is 6.59. The van der Waals surface area contributed by atoms with Crippen LogP contribution in [0.1, 0.15) is 23.2 Å². The first kappa shape index (κ1) is 16.3. The van der Waals surface area contributed by atoms with Gasteiger partial charge in [0.15, 0.2) is 0 Å². The number of ether oxygens (including phenoxy) is 1. The zero-order valence-electron chi connectivity index (χ0n) is 14.2. The lowest BCUT2D eigenvalue weighted by Crippen LogP contribution is -2.52. The van der Waals surface area contributed by atoms with Crippen LogP contribution in [0.2, 0.25) is 0 Å². The van der Waals surface area contributed by atoms with Gasteiger partial charge in [0.25, 0.3) is 5.91 Å². The number of amides is 1. The Morgan fingerprint density at radius 2 is 1.78 bits per heavy atom. The third kappa shape index (κ3) is 3.85. The first-order chi connectivity index (χ1) is 11.2. The smallest absolute Gasteiger partial charge is 0.253 e. The average Bonchev–Trinajstić information content (AvgIpc) is 2.62. The average molecular weight is 317 g/mol. The Balaban J connectivity index is 1.55. The number of methoxy groups -OCH3 is 1. The summed E-state index contributed by atoms with van der Waals surface area (Å²) in [6.07, 6.45) is 2.17. The highest BCUT2D eigenvalue weighted by molar-refractivity contribution is 5.94. The molecule has 3 rings (SSSR count). The molecule has 1 aromatic carbocycles. The van der Waals surface area contributed by atoms with E-state index < -0.39 is 0 Å². The molecule has 1 amide bonds. The maximum Gasteiger partial charge on any atom is 0.253 e. The van der Waals surface area contributed by atoms with Crippen molar-refractivity contribution in [2.75, 3.05) is 53.4 Å². The minimum Gasteiger partial charge on any atom is -0.497 e. The Hall–Kier alpha value is -1.59. The van der Waals surface area contributed by atoms with Gasteiger partial charge in [0.1, 0.15) is 5.75 Å². The Morgan fingerprint density at radius 3 is 2.43 bits per heavy atom. The highest BCUT2D eigenvalue weighted by Gasteiger charge is 2.28. The van der Waals surface area contributed by atoms with Gasteiger partial charge in [-0.2, -0.15) is 0 Å². The lowest BCUT2D eigenvalue weighted by atomic mass is 10.0.